The van der Waals surface area contributed by atoms with Crippen molar-refractivity contribution in [2.24, 2.45) is 0 Å². The third-order valence-corrected chi connectivity index (χ3v) is 3.03. The first-order valence-corrected chi connectivity index (χ1v) is 6.00. The largest absolute Gasteiger partial charge is 0.481 e. The van der Waals surface area contributed by atoms with Crippen molar-refractivity contribution >= 4 is 5.97 Å². The highest BCUT2D eigenvalue weighted by molar-refractivity contribution is 5.69. The second-order valence-corrected chi connectivity index (χ2v) is 4.42. The SMILES string of the molecule is O=C(O)Cc1nonc1CN1CCCCCC1. The summed E-state index contributed by atoms with van der Waals surface area (Å²) in [7, 11) is 0. The number of aliphatic carboxylic acids is 1. The van der Waals surface area contributed by atoms with Crippen LogP contribution in [0.3, 0.4) is 0 Å². The van der Waals surface area contributed by atoms with Crippen molar-refractivity contribution in [2.45, 2.75) is 38.6 Å². The van der Waals surface area contributed by atoms with Crippen LogP contribution in [0.2, 0.25) is 0 Å². The van der Waals surface area contributed by atoms with Crippen LogP contribution in [0.4, 0.5) is 0 Å². The molecule has 1 aromatic heterocycles. The lowest BCUT2D eigenvalue weighted by atomic mass is 10.2. The maximum atomic E-state index is 10.6. The Kier molecular flexibility index (Phi) is 4.08. The maximum Gasteiger partial charge on any atom is 0.309 e. The van der Waals surface area contributed by atoms with Crippen molar-refractivity contribution in [2.75, 3.05) is 13.1 Å². The van der Waals surface area contributed by atoms with Crippen LogP contribution >= 0.6 is 0 Å². The van der Waals surface area contributed by atoms with Crippen LogP contribution in [0.25, 0.3) is 0 Å². The Balaban J connectivity index is 1.97. The minimum absolute atomic E-state index is 0.118. The number of hydrogen-bond acceptors (Lipinski definition) is 5. The van der Waals surface area contributed by atoms with Gasteiger partial charge >= 0.3 is 5.97 Å². The fraction of sp³-hybridized carbons (Fsp3) is 0.727. The molecule has 1 aromatic rings. The number of aromatic nitrogens is 2. The van der Waals surface area contributed by atoms with E-state index in [1.54, 1.807) is 0 Å². The number of carboxylic acids is 1. The zero-order valence-electron chi connectivity index (χ0n) is 9.76. The molecule has 2 heterocycles. The molecule has 6 heteroatoms. The lowest BCUT2D eigenvalue weighted by Gasteiger charge is -2.17. The van der Waals surface area contributed by atoms with Gasteiger partial charge in [-0.05, 0) is 25.9 Å². The molecule has 0 radical (unpaired) electrons. The molecule has 0 unspecified atom stereocenters. The monoisotopic (exact) mass is 239 g/mol. The molecule has 1 aliphatic heterocycles. The molecule has 0 bridgehead atoms. The summed E-state index contributed by atoms with van der Waals surface area (Å²) in [6.45, 7) is 2.73. The number of nitrogens with zero attached hydrogens (tertiary/aromatic N) is 3. The van der Waals surface area contributed by atoms with Gasteiger partial charge in [0.2, 0.25) is 0 Å². The highest BCUT2D eigenvalue weighted by Gasteiger charge is 2.17. The first kappa shape index (κ1) is 12.0. The predicted molar refractivity (Wildman–Crippen MR) is 59.4 cm³/mol. The van der Waals surface area contributed by atoms with Crippen molar-refractivity contribution in [3.63, 3.8) is 0 Å². The van der Waals surface area contributed by atoms with Gasteiger partial charge in [0.1, 0.15) is 11.4 Å². The van der Waals surface area contributed by atoms with E-state index in [0.29, 0.717) is 17.9 Å². The van der Waals surface area contributed by atoms with Gasteiger partial charge in [0.25, 0.3) is 0 Å². The minimum Gasteiger partial charge on any atom is -0.481 e. The smallest absolute Gasteiger partial charge is 0.309 e. The quantitative estimate of drug-likeness (QED) is 0.846. The third kappa shape index (κ3) is 3.52. The molecule has 1 aliphatic rings. The molecule has 0 amide bonds. The van der Waals surface area contributed by atoms with E-state index in [2.05, 4.69) is 19.8 Å². The third-order valence-electron chi connectivity index (χ3n) is 3.03. The lowest BCUT2D eigenvalue weighted by molar-refractivity contribution is -0.136. The van der Waals surface area contributed by atoms with E-state index >= 15 is 0 Å². The Morgan fingerprint density at radius 2 is 1.82 bits per heavy atom. The number of likely N-dealkylation sites (tertiary alicyclic amines) is 1. The molecular formula is C11H17N3O3. The zero-order valence-corrected chi connectivity index (χ0v) is 9.76. The summed E-state index contributed by atoms with van der Waals surface area (Å²) in [6, 6.07) is 0. The summed E-state index contributed by atoms with van der Waals surface area (Å²) >= 11 is 0. The molecule has 0 spiro atoms. The average molecular weight is 239 g/mol. The normalized spacial score (nSPS) is 17.9. The number of carboxylic acid groups (broad SMARTS) is 1. The molecule has 1 saturated heterocycles. The van der Waals surface area contributed by atoms with Crippen LogP contribution < -0.4 is 0 Å². The van der Waals surface area contributed by atoms with Crippen LogP contribution in [-0.4, -0.2) is 39.4 Å². The molecule has 2 rings (SSSR count). The van der Waals surface area contributed by atoms with Gasteiger partial charge in [-0.25, -0.2) is 4.63 Å². The molecule has 0 aliphatic carbocycles. The number of carbonyl (C=O) groups is 1. The van der Waals surface area contributed by atoms with E-state index in [9.17, 15) is 4.79 Å². The molecule has 6 nitrogen and oxygen atoms in total. The second-order valence-electron chi connectivity index (χ2n) is 4.42. The highest BCUT2D eigenvalue weighted by atomic mass is 16.6. The maximum absolute atomic E-state index is 10.6. The Bertz CT molecular complexity index is 370. The first-order chi connectivity index (χ1) is 8.25. The fourth-order valence-electron chi connectivity index (χ4n) is 2.13. The molecule has 0 atom stereocenters. The zero-order chi connectivity index (χ0) is 12.1. The van der Waals surface area contributed by atoms with Crippen molar-refractivity contribution in [1.29, 1.82) is 0 Å². The van der Waals surface area contributed by atoms with E-state index in [0.717, 1.165) is 13.1 Å². The van der Waals surface area contributed by atoms with E-state index in [-0.39, 0.29) is 6.42 Å². The first-order valence-electron chi connectivity index (χ1n) is 6.00. The van der Waals surface area contributed by atoms with Crippen LogP contribution in [0.1, 0.15) is 37.1 Å². The van der Waals surface area contributed by atoms with Gasteiger partial charge in [0, 0.05) is 6.54 Å². The summed E-state index contributed by atoms with van der Waals surface area (Å²) in [5.41, 5.74) is 1.11. The Labute approximate surface area is 99.6 Å². The van der Waals surface area contributed by atoms with E-state index in [4.69, 9.17) is 5.11 Å². The fourth-order valence-corrected chi connectivity index (χ4v) is 2.13. The van der Waals surface area contributed by atoms with Crippen LogP contribution in [0, 0.1) is 0 Å². The topological polar surface area (TPSA) is 79.5 Å². The Hall–Kier alpha value is -1.43. The van der Waals surface area contributed by atoms with Gasteiger partial charge in [-0.1, -0.05) is 23.2 Å². The van der Waals surface area contributed by atoms with Crippen LogP contribution in [0.5, 0.6) is 0 Å². The molecule has 0 saturated carbocycles. The highest BCUT2D eigenvalue weighted by Crippen LogP contribution is 2.14. The Morgan fingerprint density at radius 1 is 1.18 bits per heavy atom. The lowest BCUT2D eigenvalue weighted by Crippen LogP contribution is -2.25. The van der Waals surface area contributed by atoms with Gasteiger partial charge in [-0.3, -0.25) is 9.69 Å². The van der Waals surface area contributed by atoms with E-state index in [1.165, 1.54) is 25.7 Å². The molecule has 17 heavy (non-hydrogen) atoms. The molecule has 1 N–H and O–H groups in total. The van der Waals surface area contributed by atoms with Crippen LogP contribution in [-0.2, 0) is 17.8 Å². The summed E-state index contributed by atoms with van der Waals surface area (Å²) in [4.78, 5) is 12.9. The van der Waals surface area contributed by atoms with Gasteiger partial charge in [0.05, 0.1) is 6.42 Å². The van der Waals surface area contributed by atoms with Crippen molar-refractivity contribution in [3.05, 3.63) is 11.4 Å². The summed E-state index contributed by atoms with van der Waals surface area (Å²) in [5, 5.41) is 16.2. The van der Waals surface area contributed by atoms with E-state index in [1.807, 2.05) is 0 Å². The molecule has 0 aromatic carbocycles. The summed E-state index contributed by atoms with van der Waals surface area (Å²) < 4.78 is 4.63. The van der Waals surface area contributed by atoms with Gasteiger partial charge in [-0.2, -0.15) is 0 Å². The standard InChI is InChI=1S/C11H17N3O3/c15-11(16)7-9-10(13-17-12-9)8-14-5-3-1-2-4-6-14/h1-8H2,(H,15,16). The minimum atomic E-state index is -0.905. The van der Waals surface area contributed by atoms with E-state index < -0.39 is 5.97 Å². The van der Waals surface area contributed by atoms with Gasteiger partial charge < -0.3 is 5.11 Å². The number of rotatable bonds is 4. The molecule has 94 valence electrons. The van der Waals surface area contributed by atoms with Crippen molar-refractivity contribution in [3.8, 4) is 0 Å². The Morgan fingerprint density at radius 3 is 2.47 bits per heavy atom. The summed E-state index contributed by atoms with van der Waals surface area (Å²) in [5.74, 6) is -0.905. The van der Waals surface area contributed by atoms with Crippen molar-refractivity contribution < 1.29 is 14.5 Å². The summed E-state index contributed by atoms with van der Waals surface area (Å²) in [6.07, 6.45) is 4.82. The van der Waals surface area contributed by atoms with Gasteiger partial charge in [0.15, 0.2) is 0 Å². The van der Waals surface area contributed by atoms with Crippen LogP contribution in [0.15, 0.2) is 4.63 Å². The van der Waals surface area contributed by atoms with Crippen molar-refractivity contribution in [1.82, 2.24) is 15.2 Å². The average Bonchev–Trinajstić information content (AvgIpc) is 2.55. The number of hydrogen-bond donors (Lipinski definition) is 1. The predicted octanol–water partition coefficient (Wildman–Crippen LogP) is 1.07. The molecular weight excluding hydrogens is 222 g/mol. The van der Waals surface area contributed by atoms with Gasteiger partial charge in [-0.15, -0.1) is 0 Å². The second kappa shape index (κ2) is 5.77. The molecule has 1 fully saturated rings.